The van der Waals surface area contributed by atoms with Crippen molar-refractivity contribution >= 4 is 28.9 Å². The smallest absolute Gasteiger partial charge is 0.372 e. The van der Waals surface area contributed by atoms with E-state index in [9.17, 15) is 22.8 Å². The van der Waals surface area contributed by atoms with Gasteiger partial charge in [0.2, 0.25) is 11.8 Å². The molecule has 2 amide bonds. The fourth-order valence-electron chi connectivity index (χ4n) is 5.15. The summed E-state index contributed by atoms with van der Waals surface area (Å²) in [4.78, 5) is 30.5. The SMILES string of the molecule is CCN1CC(C(=O)N(CC)Cc2ccc(Nc3ccc(N4CCC(C(F)(F)F)CC4)cc3)cc2)CC1=O. The molecular formula is C28H35F3N4O2. The second kappa shape index (κ2) is 11.4. The Labute approximate surface area is 216 Å². The Balaban J connectivity index is 1.30. The number of likely N-dealkylation sites (tertiary alicyclic amines) is 1. The maximum atomic E-state index is 13.0. The number of hydrogen-bond acceptors (Lipinski definition) is 4. The molecule has 2 heterocycles. The number of anilines is 3. The minimum atomic E-state index is -4.10. The highest BCUT2D eigenvalue weighted by molar-refractivity contribution is 5.89. The lowest BCUT2D eigenvalue weighted by Crippen LogP contribution is -2.38. The Bertz CT molecular complexity index is 1060. The molecule has 0 spiro atoms. The number of nitrogens with one attached hydrogen (secondary N) is 1. The van der Waals surface area contributed by atoms with Crippen molar-refractivity contribution in [1.29, 1.82) is 0 Å². The largest absolute Gasteiger partial charge is 0.391 e. The number of rotatable bonds is 8. The number of benzene rings is 2. The molecule has 0 radical (unpaired) electrons. The van der Waals surface area contributed by atoms with Gasteiger partial charge in [-0.2, -0.15) is 13.2 Å². The molecule has 2 saturated heterocycles. The van der Waals surface area contributed by atoms with Crippen LogP contribution in [0.3, 0.4) is 0 Å². The van der Waals surface area contributed by atoms with Gasteiger partial charge in [0.05, 0.1) is 11.8 Å². The summed E-state index contributed by atoms with van der Waals surface area (Å²) in [7, 11) is 0. The average molecular weight is 517 g/mol. The van der Waals surface area contributed by atoms with Crippen LogP contribution in [0.5, 0.6) is 0 Å². The maximum absolute atomic E-state index is 13.0. The molecule has 1 unspecified atom stereocenters. The Hall–Kier alpha value is -3.23. The molecule has 1 N–H and O–H groups in total. The highest BCUT2D eigenvalue weighted by atomic mass is 19.4. The first-order chi connectivity index (χ1) is 17.7. The number of hydrogen-bond donors (Lipinski definition) is 1. The van der Waals surface area contributed by atoms with E-state index in [0.29, 0.717) is 39.3 Å². The standard InChI is InChI=1S/C28H35F3N4O2/c1-3-33-19-21(17-26(33)36)27(37)34(4-2)18-20-5-7-23(8-6-20)32-24-9-11-25(12-10-24)35-15-13-22(14-16-35)28(29,30)31/h5-12,21-22,32H,3-4,13-19H2,1-2H3. The number of piperidine rings is 1. The predicted octanol–water partition coefficient (Wildman–Crippen LogP) is 5.43. The summed E-state index contributed by atoms with van der Waals surface area (Å²) >= 11 is 0. The Morgan fingerprint density at radius 3 is 2.11 bits per heavy atom. The van der Waals surface area contributed by atoms with Crippen molar-refractivity contribution < 1.29 is 22.8 Å². The van der Waals surface area contributed by atoms with Crippen molar-refractivity contribution in [1.82, 2.24) is 9.80 Å². The molecule has 2 aliphatic rings. The number of nitrogens with zero attached hydrogens (tertiary/aromatic N) is 3. The summed E-state index contributed by atoms with van der Waals surface area (Å²) in [6, 6.07) is 15.6. The quantitative estimate of drug-likeness (QED) is 0.509. The van der Waals surface area contributed by atoms with Gasteiger partial charge >= 0.3 is 6.18 Å². The minimum absolute atomic E-state index is 0.0247. The molecule has 0 bridgehead atoms. The third kappa shape index (κ3) is 6.56. The Morgan fingerprint density at radius 2 is 1.59 bits per heavy atom. The summed E-state index contributed by atoms with van der Waals surface area (Å²) in [5, 5.41) is 3.35. The summed E-state index contributed by atoms with van der Waals surface area (Å²) in [5.74, 6) is -1.40. The average Bonchev–Trinajstić information content (AvgIpc) is 3.28. The van der Waals surface area contributed by atoms with Crippen molar-refractivity contribution in [3.63, 3.8) is 0 Å². The highest BCUT2D eigenvalue weighted by Crippen LogP contribution is 2.35. The summed E-state index contributed by atoms with van der Waals surface area (Å²) in [5.41, 5.74) is 3.72. The van der Waals surface area contributed by atoms with Crippen LogP contribution >= 0.6 is 0 Å². The van der Waals surface area contributed by atoms with Crippen molar-refractivity contribution in [3.05, 3.63) is 54.1 Å². The van der Waals surface area contributed by atoms with E-state index in [0.717, 1.165) is 22.6 Å². The third-order valence-electron chi connectivity index (χ3n) is 7.45. The third-order valence-corrected chi connectivity index (χ3v) is 7.45. The lowest BCUT2D eigenvalue weighted by atomic mass is 9.96. The molecule has 0 aliphatic carbocycles. The van der Waals surface area contributed by atoms with Crippen LogP contribution in [0.4, 0.5) is 30.2 Å². The molecule has 2 aromatic rings. The van der Waals surface area contributed by atoms with Crippen molar-refractivity contribution in [3.8, 4) is 0 Å². The maximum Gasteiger partial charge on any atom is 0.391 e. The zero-order chi connectivity index (χ0) is 26.6. The number of carbonyl (C=O) groups is 2. The number of halogens is 3. The van der Waals surface area contributed by atoms with Crippen LogP contribution in [0.15, 0.2) is 48.5 Å². The van der Waals surface area contributed by atoms with Crippen LogP contribution < -0.4 is 10.2 Å². The molecule has 2 aliphatic heterocycles. The molecule has 2 fully saturated rings. The lowest BCUT2D eigenvalue weighted by Gasteiger charge is -2.34. The number of alkyl halides is 3. The monoisotopic (exact) mass is 516 g/mol. The van der Waals surface area contributed by atoms with Gasteiger partial charge in [-0.05, 0) is 68.7 Å². The molecule has 9 heteroatoms. The molecule has 0 saturated carbocycles. The van der Waals surface area contributed by atoms with Gasteiger partial charge in [-0.15, -0.1) is 0 Å². The molecule has 2 aromatic carbocycles. The van der Waals surface area contributed by atoms with Crippen molar-refractivity contribution in [2.75, 3.05) is 42.9 Å². The van der Waals surface area contributed by atoms with E-state index in [4.69, 9.17) is 0 Å². The van der Waals surface area contributed by atoms with Crippen LogP contribution in [-0.2, 0) is 16.1 Å². The van der Waals surface area contributed by atoms with Gasteiger partial charge in [0.15, 0.2) is 0 Å². The van der Waals surface area contributed by atoms with Gasteiger partial charge in [-0.1, -0.05) is 12.1 Å². The normalized spacial score (nSPS) is 18.8. The lowest BCUT2D eigenvalue weighted by molar-refractivity contribution is -0.179. The van der Waals surface area contributed by atoms with Crippen LogP contribution in [0, 0.1) is 11.8 Å². The summed E-state index contributed by atoms with van der Waals surface area (Å²) in [6.45, 7) is 6.89. The van der Waals surface area contributed by atoms with E-state index < -0.39 is 12.1 Å². The molecule has 0 aromatic heterocycles. The zero-order valence-electron chi connectivity index (χ0n) is 21.4. The second-order valence-corrected chi connectivity index (χ2v) is 9.86. The van der Waals surface area contributed by atoms with Gasteiger partial charge in [-0.3, -0.25) is 9.59 Å². The van der Waals surface area contributed by atoms with Gasteiger partial charge in [-0.25, -0.2) is 0 Å². The molecule has 200 valence electrons. The molecule has 1 atom stereocenters. The minimum Gasteiger partial charge on any atom is -0.372 e. The molecular weight excluding hydrogens is 481 g/mol. The van der Waals surface area contributed by atoms with E-state index in [2.05, 4.69) is 5.32 Å². The van der Waals surface area contributed by atoms with Crippen molar-refractivity contribution in [2.24, 2.45) is 11.8 Å². The molecule has 37 heavy (non-hydrogen) atoms. The van der Waals surface area contributed by atoms with E-state index in [1.54, 1.807) is 9.80 Å². The first kappa shape index (κ1) is 26.8. The molecule has 4 rings (SSSR count). The predicted molar refractivity (Wildman–Crippen MR) is 139 cm³/mol. The Kier molecular flexibility index (Phi) is 8.29. The van der Waals surface area contributed by atoms with E-state index >= 15 is 0 Å². The molecule has 6 nitrogen and oxygen atoms in total. The number of carbonyl (C=O) groups excluding carboxylic acids is 2. The fraction of sp³-hybridized carbons (Fsp3) is 0.500. The van der Waals surface area contributed by atoms with Crippen LogP contribution in [0.2, 0.25) is 0 Å². The fourth-order valence-corrected chi connectivity index (χ4v) is 5.15. The van der Waals surface area contributed by atoms with Crippen LogP contribution in [0.1, 0.15) is 38.7 Å². The first-order valence-electron chi connectivity index (χ1n) is 13.0. The van der Waals surface area contributed by atoms with Gasteiger partial charge in [0.1, 0.15) is 0 Å². The van der Waals surface area contributed by atoms with Crippen LogP contribution in [0.25, 0.3) is 0 Å². The zero-order valence-corrected chi connectivity index (χ0v) is 21.4. The van der Waals surface area contributed by atoms with E-state index in [1.807, 2.05) is 67.3 Å². The number of amides is 2. The van der Waals surface area contributed by atoms with Crippen molar-refractivity contribution in [2.45, 2.75) is 45.8 Å². The summed E-state index contributed by atoms with van der Waals surface area (Å²) < 4.78 is 38.7. The highest BCUT2D eigenvalue weighted by Gasteiger charge is 2.41. The van der Waals surface area contributed by atoms with Gasteiger partial charge in [0.25, 0.3) is 0 Å². The van der Waals surface area contributed by atoms with Gasteiger partial charge < -0.3 is 20.0 Å². The Morgan fingerprint density at radius 1 is 1.00 bits per heavy atom. The van der Waals surface area contributed by atoms with E-state index in [1.165, 1.54) is 0 Å². The van der Waals surface area contributed by atoms with Gasteiger partial charge in [0, 0.05) is 62.8 Å². The van der Waals surface area contributed by atoms with E-state index in [-0.39, 0.29) is 37.0 Å². The second-order valence-electron chi connectivity index (χ2n) is 9.86. The topological polar surface area (TPSA) is 55.9 Å². The van der Waals surface area contributed by atoms with Crippen LogP contribution in [-0.4, -0.2) is 60.5 Å². The summed E-state index contributed by atoms with van der Waals surface area (Å²) in [6.07, 6.45) is -3.55. The first-order valence-corrected chi connectivity index (χ1v) is 13.0.